The van der Waals surface area contributed by atoms with Crippen molar-refractivity contribution in [2.45, 2.75) is 5.16 Å². The molecule has 0 spiro atoms. The fourth-order valence-corrected chi connectivity index (χ4v) is 3.01. The lowest BCUT2D eigenvalue weighted by molar-refractivity contribution is -0.384. The minimum atomic E-state index is -0.455. The maximum Gasteiger partial charge on any atom is 0.270 e. The monoisotopic (exact) mass is 369 g/mol. The van der Waals surface area contributed by atoms with Crippen molar-refractivity contribution in [1.82, 2.24) is 14.8 Å². The van der Waals surface area contributed by atoms with Crippen LogP contribution in [0.2, 0.25) is 0 Å². The lowest BCUT2D eigenvalue weighted by Gasteiger charge is -2.05. The van der Waals surface area contributed by atoms with E-state index >= 15 is 0 Å². The molecular weight excluding hydrogens is 354 g/mol. The van der Waals surface area contributed by atoms with Crippen LogP contribution in [0.25, 0.3) is 11.4 Å². The number of non-ortho nitro benzene ring substituents is 1. The smallest absolute Gasteiger partial charge is 0.270 e. The zero-order valence-corrected chi connectivity index (χ0v) is 14.6. The van der Waals surface area contributed by atoms with Gasteiger partial charge in [0.25, 0.3) is 5.69 Å². The van der Waals surface area contributed by atoms with Crippen molar-refractivity contribution in [1.29, 1.82) is 0 Å². The van der Waals surface area contributed by atoms with Crippen molar-refractivity contribution >= 4 is 29.0 Å². The van der Waals surface area contributed by atoms with Gasteiger partial charge < -0.3 is 9.88 Å². The summed E-state index contributed by atoms with van der Waals surface area (Å²) in [6, 6.07) is 15.4. The van der Waals surface area contributed by atoms with Gasteiger partial charge in [-0.3, -0.25) is 14.9 Å². The van der Waals surface area contributed by atoms with Gasteiger partial charge in [0.2, 0.25) is 5.91 Å². The van der Waals surface area contributed by atoms with Crippen LogP contribution in [0.15, 0.2) is 59.8 Å². The standard InChI is InChI=1S/C17H15N5O3S/c1-21-16(12-6-5-9-14(10-12)22(24)25)19-20-17(21)26-11-15(23)18-13-7-3-2-4-8-13/h2-10H,11H2,1H3,(H,18,23). The SMILES string of the molecule is Cn1c(SCC(=O)Nc2ccccc2)nnc1-c1cccc([N+](=O)[O-])c1. The Bertz CT molecular complexity index is 943. The number of benzene rings is 2. The number of nitrogens with one attached hydrogen (secondary N) is 1. The summed E-state index contributed by atoms with van der Waals surface area (Å²) >= 11 is 1.24. The molecule has 0 fully saturated rings. The molecule has 0 saturated heterocycles. The molecule has 0 aliphatic carbocycles. The lowest BCUT2D eigenvalue weighted by atomic mass is 10.2. The second-order valence-electron chi connectivity index (χ2n) is 5.38. The largest absolute Gasteiger partial charge is 0.325 e. The number of aromatic nitrogens is 3. The normalized spacial score (nSPS) is 10.5. The Morgan fingerprint density at radius 3 is 2.69 bits per heavy atom. The Hall–Kier alpha value is -3.20. The molecular formula is C17H15N5O3S. The molecule has 2 aromatic carbocycles. The number of rotatable bonds is 6. The second-order valence-corrected chi connectivity index (χ2v) is 6.32. The minimum Gasteiger partial charge on any atom is -0.325 e. The summed E-state index contributed by atoms with van der Waals surface area (Å²) in [5.74, 6) is 0.524. The first-order valence-electron chi connectivity index (χ1n) is 7.66. The molecule has 1 N–H and O–H groups in total. The first-order valence-corrected chi connectivity index (χ1v) is 8.65. The molecule has 0 radical (unpaired) electrons. The number of anilines is 1. The van der Waals surface area contributed by atoms with Crippen molar-refractivity contribution < 1.29 is 9.72 Å². The number of hydrogen-bond acceptors (Lipinski definition) is 6. The van der Waals surface area contributed by atoms with Gasteiger partial charge in [-0.05, 0) is 12.1 Å². The van der Waals surface area contributed by atoms with E-state index in [1.807, 2.05) is 30.3 Å². The third kappa shape index (κ3) is 4.06. The average Bonchev–Trinajstić information content (AvgIpc) is 3.01. The van der Waals surface area contributed by atoms with E-state index in [0.29, 0.717) is 16.5 Å². The summed E-state index contributed by atoms with van der Waals surface area (Å²) in [6.07, 6.45) is 0. The van der Waals surface area contributed by atoms with Crippen LogP contribution in [0.5, 0.6) is 0 Å². The van der Waals surface area contributed by atoms with Crippen LogP contribution in [0.4, 0.5) is 11.4 Å². The first-order chi connectivity index (χ1) is 12.5. The van der Waals surface area contributed by atoms with E-state index in [1.165, 1.54) is 23.9 Å². The summed E-state index contributed by atoms with van der Waals surface area (Å²) < 4.78 is 1.71. The Balaban J connectivity index is 1.68. The van der Waals surface area contributed by atoms with Gasteiger partial charge >= 0.3 is 0 Å². The van der Waals surface area contributed by atoms with Crippen LogP contribution in [0, 0.1) is 10.1 Å². The summed E-state index contributed by atoms with van der Waals surface area (Å²) in [5, 5.41) is 22.4. The second kappa shape index (κ2) is 7.79. The predicted octanol–water partition coefficient (Wildman–Crippen LogP) is 3.12. The molecule has 132 valence electrons. The first kappa shape index (κ1) is 17.6. The predicted molar refractivity (Wildman–Crippen MR) is 98.9 cm³/mol. The highest BCUT2D eigenvalue weighted by Crippen LogP contribution is 2.25. The van der Waals surface area contributed by atoms with Gasteiger partial charge in [0.1, 0.15) is 0 Å². The minimum absolute atomic E-state index is 0.0121. The molecule has 26 heavy (non-hydrogen) atoms. The Morgan fingerprint density at radius 1 is 1.19 bits per heavy atom. The van der Waals surface area contributed by atoms with Crippen LogP contribution in [-0.4, -0.2) is 31.3 Å². The van der Waals surface area contributed by atoms with Gasteiger partial charge in [-0.25, -0.2) is 0 Å². The Kier molecular flexibility index (Phi) is 5.28. The van der Waals surface area contributed by atoms with Gasteiger partial charge in [-0.15, -0.1) is 10.2 Å². The topological polar surface area (TPSA) is 103 Å². The quantitative estimate of drug-likeness (QED) is 0.407. The molecule has 0 saturated carbocycles. The highest BCUT2D eigenvalue weighted by molar-refractivity contribution is 7.99. The number of carbonyl (C=O) groups excluding carboxylic acids is 1. The number of thioether (sulfide) groups is 1. The van der Waals surface area contributed by atoms with Gasteiger partial charge in [0, 0.05) is 30.4 Å². The number of nitro benzene ring substituents is 1. The van der Waals surface area contributed by atoms with E-state index in [-0.39, 0.29) is 17.3 Å². The molecule has 1 aromatic heterocycles. The molecule has 0 bridgehead atoms. The Morgan fingerprint density at radius 2 is 1.96 bits per heavy atom. The van der Waals surface area contributed by atoms with Crippen LogP contribution in [0.3, 0.4) is 0 Å². The highest BCUT2D eigenvalue weighted by Gasteiger charge is 2.15. The van der Waals surface area contributed by atoms with Crippen molar-refractivity contribution in [3.8, 4) is 11.4 Å². The Labute approximate surface area is 153 Å². The lowest BCUT2D eigenvalue weighted by Crippen LogP contribution is -2.14. The molecule has 1 amide bonds. The fraction of sp³-hybridized carbons (Fsp3) is 0.118. The van der Waals surface area contributed by atoms with Gasteiger partial charge in [0.05, 0.1) is 10.7 Å². The zero-order chi connectivity index (χ0) is 18.5. The molecule has 0 aliphatic heterocycles. The van der Waals surface area contributed by atoms with Crippen molar-refractivity contribution in [2.75, 3.05) is 11.1 Å². The van der Waals surface area contributed by atoms with E-state index in [0.717, 1.165) is 5.69 Å². The summed E-state index contributed by atoms with van der Waals surface area (Å²) in [4.78, 5) is 22.5. The number of amides is 1. The number of para-hydroxylation sites is 1. The van der Waals surface area contributed by atoms with Crippen LogP contribution >= 0.6 is 11.8 Å². The van der Waals surface area contributed by atoms with E-state index in [4.69, 9.17) is 0 Å². The van der Waals surface area contributed by atoms with Crippen molar-refractivity contribution in [3.05, 3.63) is 64.7 Å². The van der Waals surface area contributed by atoms with Crippen LogP contribution < -0.4 is 5.32 Å². The fourth-order valence-electron chi connectivity index (χ4n) is 2.30. The molecule has 0 aliphatic rings. The number of carbonyl (C=O) groups is 1. The number of nitrogens with zero attached hydrogens (tertiary/aromatic N) is 4. The molecule has 1 heterocycles. The summed E-state index contributed by atoms with van der Waals surface area (Å²) in [6.45, 7) is 0. The van der Waals surface area contributed by atoms with E-state index in [1.54, 1.807) is 23.7 Å². The number of hydrogen-bond donors (Lipinski definition) is 1. The third-order valence-electron chi connectivity index (χ3n) is 3.54. The summed E-state index contributed by atoms with van der Waals surface area (Å²) in [7, 11) is 1.76. The molecule has 3 rings (SSSR count). The maximum atomic E-state index is 12.0. The van der Waals surface area contributed by atoms with E-state index < -0.39 is 4.92 Å². The molecule has 9 heteroatoms. The summed E-state index contributed by atoms with van der Waals surface area (Å²) in [5.41, 5.74) is 1.31. The number of nitro groups is 1. The van der Waals surface area contributed by atoms with Crippen LogP contribution in [-0.2, 0) is 11.8 Å². The zero-order valence-electron chi connectivity index (χ0n) is 13.8. The molecule has 0 unspecified atom stereocenters. The van der Waals surface area contributed by atoms with E-state index in [2.05, 4.69) is 15.5 Å². The third-order valence-corrected chi connectivity index (χ3v) is 4.56. The van der Waals surface area contributed by atoms with Crippen molar-refractivity contribution in [3.63, 3.8) is 0 Å². The van der Waals surface area contributed by atoms with Gasteiger partial charge in [-0.2, -0.15) is 0 Å². The average molecular weight is 369 g/mol. The molecule has 0 atom stereocenters. The molecule has 3 aromatic rings. The maximum absolute atomic E-state index is 12.0. The van der Waals surface area contributed by atoms with Crippen LogP contribution in [0.1, 0.15) is 0 Å². The van der Waals surface area contributed by atoms with Gasteiger partial charge in [-0.1, -0.05) is 42.1 Å². The highest BCUT2D eigenvalue weighted by atomic mass is 32.2. The van der Waals surface area contributed by atoms with Crippen molar-refractivity contribution in [2.24, 2.45) is 7.05 Å². The molecule has 8 nitrogen and oxygen atoms in total. The van der Waals surface area contributed by atoms with E-state index in [9.17, 15) is 14.9 Å². The van der Waals surface area contributed by atoms with Gasteiger partial charge in [0.15, 0.2) is 11.0 Å².